The largest absolute Gasteiger partial charge is 0.449 e. The average molecular weight is 388 g/mol. The Hall–Kier alpha value is -3.47. The highest BCUT2D eigenvalue weighted by molar-refractivity contribution is 5.79. The third-order valence-electron chi connectivity index (χ3n) is 4.96. The van der Waals surface area contributed by atoms with Crippen LogP contribution in [-0.4, -0.2) is 24.2 Å². The second kappa shape index (κ2) is 8.69. The molecule has 4 nitrogen and oxygen atoms in total. The molecule has 1 amide bonds. The lowest BCUT2D eigenvalue weighted by atomic mass is 9.98. The SMILES string of the molecule is O=C(NCCC=Cc1cncc(F)c1)OCC1c2ccccc2-c2ccccc21. The van der Waals surface area contributed by atoms with Gasteiger partial charge in [0.05, 0.1) is 6.20 Å². The van der Waals surface area contributed by atoms with Crippen LogP contribution in [0.3, 0.4) is 0 Å². The van der Waals surface area contributed by atoms with E-state index in [4.69, 9.17) is 4.74 Å². The van der Waals surface area contributed by atoms with Gasteiger partial charge in [-0.25, -0.2) is 9.18 Å². The van der Waals surface area contributed by atoms with Crippen LogP contribution in [0.1, 0.15) is 29.0 Å². The molecule has 5 heteroatoms. The van der Waals surface area contributed by atoms with Crippen LogP contribution in [0, 0.1) is 5.82 Å². The number of aromatic nitrogens is 1. The summed E-state index contributed by atoms with van der Waals surface area (Å²) in [6.45, 7) is 0.737. The average Bonchev–Trinajstić information content (AvgIpc) is 3.06. The Balaban J connectivity index is 1.28. The molecule has 1 heterocycles. The number of alkyl carbamates (subject to hydrolysis) is 1. The first kappa shape index (κ1) is 18.9. The topological polar surface area (TPSA) is 51.2 Å². The van der Waals surface area contributed by atoms with Crippen LogP contribution >= 0.6 is 0 Å². The molecule has 0 saturated heterocycles. The summed E-state index contributed by atoms with van der Waals surface area (Å²) in [5.41, 5.74) is 5.47. The molecule has 0 unspecified atom stereocenters. The highest BCUT2D eigenvalue weighted by Gasteiger charge is 2.28. The van der Waals surface area contributed by atoms with Gasteiger partial charge >= 0.3 is 6.09 Å². The Kier molecular flexibility index (Phi) is 5.66. The van der Waals surface area contributed by atoms with Gasteiger partial charge in [-0.15, -0.1) is 0 Å². The molecule has 1 N–H and O–H groups in total. The normalized spacial score (nSPS) is 12.6. The lowest BCUT2D eigenvalue weighted by Gasteiger charge is -2.14. The van der Waals surface area contributed by atoms with E-state index in [1.165, 1.54) is 28.3 Å². The van der Waals surface area contributed by atoms with Gasteiger partial charge in [-0.3, -0.25) is 4.98 Å². The fraction of sp³-hybridized carbons (Fsp3) is 0.167. The highest BCUT2D eigenvalue weighted by atomic mass is 19.1. The molecule has 146 valence electrons. The summed E-state index contributed by atoms with van der Waals surface area (Å²) in [7, 11) is 0. The number of hydrogen-bond donors (Lipinski definition) is 1. The standard InChI is InChI=1S/C24H21FN2O2/c25-18-13-17(14-26-15-18)7-5-6-12-27-24(28)29-16-23-21-10-3-1-8-19(21)20-9-2-4-11-22(20)23/h1-5,7-11,13-15,23H,6,12,16H2,(H,27,28). The fourth-order valence-electron chi connectivity index (χ4n) is 3.65. The van der Waals surface area contributed by atoms with Crippen molar-refractivity contribution in [3.05, 3.63) is 95.6 Å². The lowest BCUT2D eigenvalue weighted by molar-refractivity contribution is 0.143. The summed E-state index contributed by atoms with van der Waals surface area (Å²) in [6, 6.07) is 17.9. The molecular weight excluding hydrogens is 367 g/mol. The van der Waals surface area contributed by atoms with Crippen molar-refractivity contribution in [2.45, 2.75) is 12.3 Å². The van der Waals surface area contributed by atoms with E-state index in [1.54, 1.807) is 12.3 Å². The predicted octanol–water partition coefficient (Wildman–Crippen LogP) is 5.16. The van der Waals surface area contributed by atoms with E-state index in [0.29, 0.717) is 25.1 Å². The Morgan fingerprint density at radius 1 is 1.07 bits per heavy atom. The van der Waals surface area contributed by atoms with Crippen molar-refractivity contribution in [3.8, 4) is 11.1 Å². The number of nitrogens with one attached hydrogen (secondary N) is 1. The number of nitrogens with zero attached hydrogens (tertiary/aromatic N) is 1. The zero-order valence-electron chi connectivity index (χ0n) is 15.8. The van der Waals surface area contributed by atoms with Gasteiger partial charge in [0.2, 0.25) is 0 Å². The quantitative estimate of drug-likeness (QED) is 0.593. The molecule has 2 aromatic carbocycles. The third kappa shape index (κ3) is 4.35. The molecule has 0 spiro atoms. The monoisotopic (exact) mass is 388 g/mol. The number of ether oxygens (including phenoxy) is 1. The van der Waals surface area contributed by atoms with Gasteiger partial charge in [0, 0.05) is 18.7 Å². The Labute approximate surface area is 169 Å². The minimum absolute atomic E-state index is 0.0496. The molecule has 0 atom stereocenters. The fourth-order valence-corrected chi connectivity index (χ4v) is 3.65. The zero-order valence-corrected chi connectivity index (χ0v) is 15.8. The molecule has 0 aliphatic heterocycles. The second-order valence-electron chi connectivity index (χ2n) is 6.88. The third-order valence-corrected chi connectivity index (χ3v) is 4.96. The zero-order chi connectivity index (χ0) is 20.1. The molecule has 0 radical (unpaired) electrons. The van der Waals surface area contributed by atoms with Crippen molar-refractivity contribution in [2.75, 3.05) is 13.2 Å². The van der Waals surface area contributed by atoms with Crippen molar-refractivity contribution in [3.63, 3.8) is 0 Å². The van der Waals surface area contributed by atoms with Crippen molar-refractivity contribution in [1.29, 1.82) is 0 Å². The number of halogens is 1. The number of pyridine rings is 1. The predicted molar refractivity (Wildman–Crippen MR) is 111 cm³/mol. The Morgan fingerprint density at radius 2 is 1.76 bits per heavy atom. The molecule has 29 heavy (non-hydrogen) atoms. The van der Waals surface area contributed by atoms with Gasteiger partial charge < -0.3 is 10.1 Å². The number of hydrogen-bond acceptors (Lipinski definition) is 3. The molecule has 3 aromatic rings. The minimum atomic E-state index is -0.437. The number of carbonyl (C=O) groups is 1. The van der Waals surface area contributed by atoms with E-state index < -0.39 is 6.09 Å². The highest BCUT2D eigenvalue weighted by Crippen LogP contribution is 2.44. The van der Waals surface area contributed by atoms with Crippen LogP contribution in [0.5, 0.6) is 0 Å². The maximum absolute atomic E-state index is 13.1. The molecule has 0 fully saturated rings. The van der Waals surface area contributed by atoms with Gasteiger partial charge in [-0.05, 0) is 40.3 Å². The van der Waals surface area contributed by atoms with E-state index >= 15 is 0 Å². The first-order valence-corrected chi connectivity index (χ1v) is 9.58. The maximum atomic E-state index is 13.1. The van der Waals surface area contributed by atoms with Crippen molar-refractivity contribution in [2.24, 2.45) is 0 Å². The van der Waals surface area contributed by atoms with Crippen LogP contribution in [0.2, 0.25) is 0 Å². The molecule has 1 aliphatic carbocycles. The molecule has 0 bridgehead atoms. The van der Waals surface area contributed by atoms with Crippen LogP contribution in [0.25, 0.3) is 17.2 Å². The van der Waals surface area contributed by atoms with Gasteiger partial charge in [0.1, 0.15) is 12.4 Å². The second-order valence-corrected chi connectivity index (χ2v) is 6.88. The van der Waals surface area contributed by atoms with Crippen molar-refractivity contribution < 1.29 is 13.9 Å². The number of carbonyl (C=O) groups excluding carboxylic acids is 1. The summed E-state index contributed by atoms with van der Waals surface area (Å²) in [4.78, 5) is 15.9. The van der Waals surface area contributed by atoms with Crippen molar-refractivity contribution >= 4 is 12.2 Å². The van der Waals surface area contributed by atoms with E-state index in [1.807, 2.05) is 30.3 Å². The van der Waals surface area contributed by atoms with Gasteiger partial charge in [-0.1, -0.05) is 60.7 Å². The smallest absolute Gasteiger partial charge is 0.407 e. The number of benzene rings is 2. The van der Waals surface area contributed by atoms with Crippen molar-refractivity contribution in [1.82, 2.24) is 10.3 Å². The van der Waals surface area contributed by atoms with Gasteiger partial charge in [0.25, 0.3) is 0 Å². The summed E-state index contributed by atoms with van der Waals surface area (Å²) in [6.07, 6.45) is 6.55. The van der Waals surface area contributed by atoms with Crippen LogP contribution in [0.4, 0.5) is 9.18 Å². The number of fused-ring (bicyclic) bond motifs is 3. The van der Waals surface area contributed by atoms with E-state index in [2.05, 4.69) is 34.6 Å². The first-order valence-electron chi connectivity index (χ1n) is 9.58. The number of amides is 1. The molecule has 0 saturated carbocycles. The van der Waals surface area contributed by atoms with Gasteiger partial charge in [0.15, 0.2) is 0 Å². The maximum Gasteiger partial charge on any atom is 0.407 e. The lowest BCUT2D eigenvalue weighted by Crippen LogP contribution is -2.26. The summed E-state index contributed by atoms with van der Waals surface area (Å²) >= 11 is 0. The van der Waals surface area contributed by atoms with E-state index in [-0.39, 0.29) is 11.7 Å². The summed E-state index contributed by atoms with van der Waals surface area (Å²) in [5.74, 6) is -0.322. The first-order chi connectivity index (χ1) is 14.2. The van der Waals surface area contributed by atoms with E-state index in [0.717, 1.165) is 6.20 Å². The van der Waals surface area contributed by atoms with Crippen LogP contribution in [-0.2, 0) is 4.74 Å². The molecule has 4 rings (SSSR count). The van der Waals surface area contributed by atoms with E-state index in [9.17, 15) is 9.18 Å². The number of rotatable bonds is 6. The Bertz CT molecular complexity index is 1000. The summed E-state index contributed by atoms with van der Waals surface area (Å²) in [5, 5.41) is 2.75. The van der Waals surface area contributed by atoms with Gasteiger partial charge in [-0.2, -0.15) is 0 Å². The molecule has 1 aromatic heterocycles. The molecular formula is C24H21FN2O2. The molecule has 1 aliphatic rings. The van der Waals surface area contributed by atoms with Crippen LogP contribution in [0.15, 0.2) is 73.1 Å². The Morgan fingerprint density at radius 3 is 2.45 bits per heavy atom. The summed E-state index contributed by atoms with van der Waals surface area (Å²) < 4.78 is 18.6. The van der Waals surface area contributed by atoms with Crippen LogP contribution < -0.4 is 5.32 Å². The minimum Gasteiger partial charge on any atom is -0.449 e.